The summed E-state index contributed by atoms with van der Waals surface area (Å²) in [6.07, 6.45) is 2.85. The zero-order valence-electron chi connectivity index (χ0n) is 11.2. The summed E-state index contributed by atoms with van der Waals surface area (Å²) in [5.74, 6) is 0.958. The first kappa shape index (κ1) is 13.4. The lowest BCUT2D eigenvalue weighted by atomic mass is 10.3. The number of nitrogens with zero attached hydrogens (tertiary/aromatic N) is 2. The number of ether oxygens (including phenoxy) is 1. The van der Waals surface area contributed by atoms with E-state index in [4.69, 9.17) is 4.74 Å². The molecule has 0 spiro atoms. The molecule has 2 aliphatic rings. The minimum atomic E-state index is 0.783. The molecular weight excluding hydrogens is 304 g/mol. The first-order valence-corrected chi connectivity index (χ1v) is 7.95. The Hall–Kier alpha value is -0.580. The summed E-state index contributed by atoms with van der Waals surface area (Å²) in [5.41, 5.74) is 0. The van der Waals surface area contributed by atoms with Crippen LogP contribution in [0.3, 0.4) is 0 Å². The number of rotatable bonds is 5. The van der Waals surface area contributed by atoms with Gasteiger partial charge in [0, 0.05) is 43.2 Å². The molecule has 3 nitrogen and oxygen atoms in total. The highest BCUT2D eigenvalue weighted by Crippen LogP contribution is 2.27. The Morgan fingerprint density at radius 3 is 2.37 bits per heavy atom. The molecule has 0 bridgehead atoms. The molecule has 4 heteroatoms. The Kier molecular flexibility index (Phi) is 4.41. The van der Waals surface area contributed by atoms with Crippen LogP contribution in [0.2, 0.25) is 0 Å². The van der Waals surface area contributed by atoms with Gasteiger partial charge in [0.15, 0.2) is 0 Å². The zero-order valence-corrected chi connectivity index (χ0v) is 12.8. The summed E-state index contributed by atoms with van der Waals surface area (Å²) in [6.45, 7) is 6.69. The fourth-order valence-corrected chi connectivity index (χ4v) is 2.88. The van der Waals surface area contributed by atoms with E-state index in [2.05, 4.69) is 25.7 Å². The van der Waals surface area contributed by atoms with Crippen LogP contribution in [0.4, 0.5) is 0 Å². The van der Waals surface area contributed by atoms with Crippen LogP contribution in [0.5, 0.6) is 5.75 Å². The van der Waals surface area contributed by atoms with Crippen molar-refractivity contribution in [3.63, 3.8) is 0 Å². The van der Waals surface area contributed by atoms with E-state index in [1.165, 1.54) is 39.0 Å². The van der Waals surface area contributed by atoms with Gasteiger partial charge in [-0.1, -0.05) is 15.9 Å². The predicted molar refractivity (Wildman–Crippen MR) is 80.7 cm³/mol. The van der Waals surface area contributed by atoms with Crippen molar-refractivity contribution in [3.8, 4) is 5.75 Å². The molecule has 19 heavy (non-hydrogen) atoms. The third-order valence-corrected chi connectivity index (χ3v) is 4.49. The highest BCUT2D eigenvalue weighted by molar-refractivity contribution is 9.10. The molecule has 0 amide bonds. The number of hydrogen-bond donors (Lipinski definition) is 0. The van der Waals surface area contributed by atoms with Gasteiger partial charge in [-0.2, -0.15) is 0 Å². The van der Waals surface area contributed by atoms with Gasteiger partial charge in [-0.15, -0.1) is 0 Å². The molecule has 0 N–H and O–H groups in total. The van der Waals surface area contributed by atoms with E-state index >= 15 is 0 Å². The van der Waals surface area contributed by atoms with Crippen molar-refractivity contribution in [3.05, 3.63) is 28.7 Å². The van der Waals surface area contributed by atoms with Crippen LogP contribution in [-0.2, 0) is 0 Å². The molecule has 104 valence electrons. The Labute approximate surface area is 123 Å². The van der Waals surface area contributed by atoms with Crippen molar-refractivity contribution in [2.24, 2.45) is 0 Å². The van der Waals surface area contributed by atoms with E-state index < -0.39 is 0 Å². The molecule has 0 unspecified atom stereocenters. The second kappa shape index (κ2) is 6.25. The SMILES string of the molecule is Brc1ccc(OCCN2CCN(C3CC3)CC2)cc1. The molecule has 0 atom stereocenters. The molecule has 2 fully saturated rings. The van der Waals surface area contributed by atoms with Gasteiger partial charge in [-0.3, -0.25) is 9.80 Å². The van der Waals surface area contributed by atoms with Crippen LogP contribution in [-0.4, -0.2) is 55.2 Å². The minimum absolute atomic E-state index is 0.783. The summed E-state index contributed by atoms with van der Waals surface area (Å²) in [6, 6.07) is 8.97. The largest absolute Gasteiger partial charge is 0.492 e. The van der Waals surface area contributed by atoms with Crippen molar-refractivity contribution in [1.29, 1.82) is 0 Å². The minimum Gasteiger partial charge on any atom is -0.492 e. The number of hydrogen-bond acceptors (Lipinski definition) is 3. The van der Waals surface area contributed by atoms with Gasteiger partial charge >= 0.3 is 0 Å². The summed E-state index contributed by atoms with van der Waals surface area (Å²) < 4.78 is 6.87. The maximum atomic E-state index is 5.77. The van der Waals surface area contributed by atoms with Gasteiger partial charge < -0.3 is 4.74 Å². The molecule has 1 aliphatic carbocycles. The standard InChI is InChI=1S/C15H21BrN2O/c16-13-1-5-15(6-2-13)19-12-11-17-7-9-18(10-8-17)14-3-4-14/h1-2,5-6,14H,3-4,7-12H2. The summed E-state index contributed by atoms with van der Waals surface area (Å²) in [7, 11) is 0. The second-order valence-corrected chi connectivity index (χ2v) is 6.33. The molecule has 1 aromatic rings. The first-order valence-electron chi connectivity index (χ1n) is 7.16. The van der Waals surface area contributed by atoms with E-state index in [1.54, 1.807) is 0 Å². The highest BCUT2D eigenvalue weighted by atomic mass is 79.9. The van der Waals surface area contributed by atoms with E-state index in [1.807, 2.05) is 24.3 Å². The average molecular weight is 325 g/mol. The lowest BCUT2D eigenvalue weighted by Gasteiger charge is -2.34. The lowest BCUT2D eigenvalue weighted by Crippen LogP contribution is -2.48. The van der Waals surface area contributed by atoms with Crippen LogP contribution >= 0.6 is 15.9 Å². The van der Waals surface area contributed by atoms with Crippen LogP contribution in [0.15, 0.2) is 28.7 Å². The fraction of sp³-hybridized carbons (Fsp3) is 0.600. The molecule has 1 aromatic carbocycles. The van der Waals surface area contributed by atoms with Gasteiger partial charge in [0.25, 0.3) is 0 Å². The van der Waals surface area contributed by atoms with E-state index in [0.29, 0.717) is 0 Å². The van der Waals surface area contributed by atoms with Gasteiger partial charge in [-0.05, 0) is 37.1 Å². The van der Waals surface area contributed by atoms with Crippen molar-refractivity contribution >= 4 is 15.9 Å². The Bertz CT molecular complexity index is 397. The van der Waals surface area contributed by atoms with E-state index in [-0.39, 0.29) is 0 Å². The summed E-state index contributed by atoms with van der Waals surface area (Å²) in [5, 5.41) is 0. The highest BCUT2D eigenvalue weighted by Gasteiger charge is 2.30. The predicted octanol–water partition coefficient (Wildman–Crippen LogP) is 2.61. The van der Waals surface area contributed by atoms with Crippen molar-refractivity contribution < 1.29 is 4.74 Å². The first-order chi connectivity index (χ1) is 9.31. The average Bonchev–Trinajstić information content (AvgIpc) is 3.26. The maximum absolute atomic E-state index is 5.77. The molecule has 1 saturated heterocycles. The smallest absolute Gasteiger partial charge is 0.119 e. The molecule has 1 aliphatic heterocycles. The van der Waals surface area contributed by atoms with Crippen molar-refractivity contribution in [2.75, 3.05) is 39.3 Å². The van der Waals surface area contributed by atoms with Gasteiger partial charge in [0.1, 0.15) is 12.4 Å². The zero-order chi connectivity index (χ0) is 13.1. The summed E-state index contributed by atoms with van der Waals surface area (Å²) in [4.78, 5) is 5.16. The monoisotopic (exact) mass is 324 g/mol. The molecule has 0 radical (unpaired) electrons. The van der Waals surface area contributed by atoms with E-state index in [9.17, 15) is 0 Å². The topological polar surface area (TPSA) is 15.7 Å². The molecule has 3 rings (SSSR count). The van der Waals surface area contributed by atoms with Crippen molar-refractivity contribution in [2.45, 2.75) is 18.9 Å². The van der Waals surface area contributed by atoms with Crippen LogP contribution < -0.4 is 4.74 Å². The molecule has 1 heterocycles. The second-order valence-electron chi connectivity index (χ2n) is 5.41. The molecule has 0 aromatic heterocycles. The van der Waals surface area contributed by atoms with E-state index in [0.717, 1.165) is 29.4 Å². The lowest BCUT2D eigenvalue weighted by molar-refractivity contribution is 0.112. The Balaban J connectivity index is 1.35. The van der Waals surface area contributed by atoms with Crippen molar-refractivity contribution in [1.82, 2.24) is 9.80 Å². The third-order valence-electron chi connectivity index (χ3n) is 3.96. The number of halogens is 1. The molecular formula is C15H21BrN2O. The van der Waals surface area contributed by atoms with Gasteiger partial charge in [0.2, 0.25) is 0 Å². The normalized spacial score (nSPS) is 21.5. The Morgan fingerprint density at radius 2 is 1.74 bits per heavy atom. The number of piperazine rings is 1. The summed E-state index contributed by atoms with van der Waals surface area (Å²) >= 11 is 3.43. The third kappa shape index (κ3) is 3.94. The van der Waals surface area contributed by atoms with Crippen LogP contribution in [0.1, 0.15) is 12.8 Å². The molecule has 1 saturated carbocycles. The van der Waals surface area contributed by atoms with Gasteiger partial charge in [-0.25, -0.2) is 0 Å². The quantitative estimate of drug-likeness (QED) is 0.828. The van der Waals surface area contributed by atoms with Gasteiger partial charge in [0.05, 0.1) is 0 Å². The number of benzene rings is 1. The Morgan fingerprint density at radius 1 is 1.05 bits per heavy atom. The fourth-order valence-electron chi connectivity index (χ4n) is 2.62. The maximum Gasteiger partial charge on any atom is 0.119 e. The van der Waals surface area contributed by atoms with Crippen LogP contribution in [0, 0.1) is 0 Å². The van der Waals surface area contributed by atoms with Crippen LogP contribution in [0.25, 0.3) is 0 Å².